The van der Waals surface area contributed by atoms with Gasteiger partial charge in [0.15, 0.2) is 0 Å². The first-order chi connectivity index (χ1) is 7.25. The fraction of sp³-hybridized carbons (Fsp3) is 0.182. The van der Waals surface area contributed by atoms with Crippen molar-refractivity contribution < 1.29 is 4.42 Å². The van der Waals surface area contributed by atoms with Crippen molar-refractivity contribution >= 4 is 5.82 Å². The van der Waals surface area contributed by atoms with E-state index in [1.165, 1.54) is 0 Å². The molecule has 0 bridgehead atoms. The molecule has 78 valence electrons. The van der Waals surface area contributed by atoms with E-state index in [-0.39, 0.29) is 6.04 Å². The number of nitrogens with two attached hydrogens (primary N) is 2. The highest BCUT2D eigenvalue weighted by molar-refractivity contribution is 5.32. The third-order valence-corrected chi connectivity index (χ3v) is 2.21. The fourth-order valence-electron chi connectivity index (χ4n) is 1.48. The largest absolute Gasteiger partial charge is 0.468 e. The summed E-state index contributed by atoms with van der Waals surface area (Å²) in [6.07, 6.45) is 4.00. The zero-order chi connectivity index (χ0) is 10.7. The first kappa shape index (κ1) is 9.73. The van der Waals surface area contributed by atoms with Crippen molar-refractivity contribution in [3.05, 3.63) is 48.0 Å². The summed E-state index contributed by atoms with van der Waals surface area (Å²) in [4.78, 5) is 3.92. The van der Waals surface area contributed by atoms with Gasteiger partial charge in [0.25, 0.3) is 0 Å². The van der Waals surface area contributed by atoms with Gasteiger partial charge in [-0.15, -0.1) is 0 Å². The van der Waals surface area contributed by atoms with Crippen LogP contribution in [0.1, 0.15) is 17.4 Å². The lowest BCUT2D eigenvalue weighted by Crippen LogP contribution is -2.12. The standard InChI is InChI=1S/C11H13N3O/c12-9(10-2-1-5-15-10)6-8-3-4-14-11(13)7-8/h1-5,7,9H,6,12H2,(H2,13,14). The molecule has 0 saturated carbocycles. The molecule has 0 aliphatic rings. The topological polar surface area (TPSA) is 78.1 Å². The van der Waals surface area contributed by atoms with Crippen LogP contribution in [0.15, 0.2) is 41.1 Å². The van der Waals surface area contributed by atoms with E-state index in [9.17, 15) is 0 Å². The molecule has 2 rings (SSSR count). The van der Waals surface area contributed by atoms with Crippen molar-refractivity contribution in [2.45, 2.75) is 12.5 Å². The maximum atomic E-state index is 5.97. The van der Waals surface area contributed by atoms with Crippen LogP contribution >= 0.6 is 0 Å². The molecule has 0 aliphatic heterocycles. The second-order valence-corrected chi connectivity index (χ2v) is 3.41. The van der Waals surface area contributed by atoms with Gasteiger partial charge in [-0.05, 0) is 36.2 Å². The second kappa shape index (κ2) is 4.14. The van der Waals surface area contributed by atoms with Gasteiger partial charge in [0.05, 0.1) is 12.3 Å². The van der Waals surface area contributed by atoms with Crippen molar-refractivity contribution in [3.8, 4) is 0 Å². The number of nitrogens with zero attached hydrogens (tertiary/aromatic N) is 1. The Balaban J connectivity index is 2.09. The summed E-state index contributed by atoms with van der Waals surface area (Å²) in [6.45, 7) is 0. The maximum Gasteiger partial charge on any atom is 0.123 e. The zero-order valence-electron chi connectivity index (χ0n) is 8.26. The summed E-state index contributed by atoms with van der Waals surface area (Å²) in [5.41, 5.74) is 12.6. The fourth-order valence-corrected chi connectivity index (χ4v) is 1.48. The molecule has 0 aromatic carbocycles. The van der Waals surface area contributed by atoms with Gasteiger partial charge in [-0.2, -0.15) is 0 Å². The molecule has 1 atom stereocenters. The molecular weight excluding hydrogens is 190 g/mol. The van der Waals surface area contributed by atoms with E-state index < -0.39 is 0 Å². The lowest BCUT2D eigenvalue weighted by molar-refractivity contribution is 0.464. The Morgan fingerprint density at radius 2 is 2.27 bits per heavy atom. The molecule has 2 aromatic heterocycles. The molecule has 0 saturated heterocycles. The SMILES string of the molecule is Nc1cc(CC(N)c2ccco2)ccn1. The van der Waals surface area contributed by atoms with E-state index in [2.05, 4.69) is 4.98 Å². The van der Waals surface area contributed by atoms with Gasteiger partial charge in [0.2, 0.25) is 0 Å². The highest BCUT2D eigenvalue weighted by Gasteiger charge is 2.09. The normalized spacial score (nSPS) is 12.6. The summed E-state index contributed by atoms with van der Waals surface area (Å²) < 4.78 is 5.23. The lowest BCUT2D eigenvalue weighted by atomic mass is 10.1. The third kappa shape index (κ3) is 2.35. The van der Waals surface area contributed by atoms with E-state index in [1.807, 2.05) is 24.3 Å². The molecule has 4 N–H and O–H groups in total. The molecule has 0 fully saturated rings. The molecule has 0 aliphatic carbocycles. The number of hydrogen-bond acceptors (Lipinski definition) is 4. The monoisotopic (exact) mass is 203 g/mol. The molecule has 15 heavy (non-hydrogen) atoms. The van der Waals surface area contributed by atoms with Crippen LogP contribution < -0.4 is 11.5 Å². The maximum absolute atomic E-state index is 5.97. The van der Waals surface area contributed by atoms with Gasteiger partial charge in [-0.25, -0.2) is 4.98 Å². The Morgan fingerprint density at radius 1 is 1.40 bits per heavy atom. The number of rotatable bonds is 3. The smallest absolute Gasteiger partial charge is 0.123 e. The predicted octanol–water partition coefficient (Wildman–Crippen LogP) is 1.50. The minimum atomic E-state index is -0.137. The van der Waals surface area contributed by atoms with Gasteiger partial charge < -0.3 is 15.9 Å². The Hall–Kier alpha value is -1.81. The average molecular weight is 203 g/mol. The number of aromatic nitrogens is 1. The van der Waals surface area contributed by atoms with Crippen LogP contribution in [0.25, 0.3) is 0 Å². The molecule has 0 amide bonds. The Kier molecular flexibility index (Phi) is 2.69. The minimum absolute atomic E-state index is 0.137. The first-order valence-electron chi connectivity index (χ1n) is 4.75. The predicted molar refractivity (Wildman–Crippen MR) is 58.0 cm³/mol. The van der Waals surface area contributed by atoms with Gasteiger partial charge in [-0.1, -0.05) is 0 Å². The van der Waals surface area contributed by atoms with Crippen molar-refractivity contribution in [1.82, 2.24) is 4.98 Å². The summed E-state index contributed by atoms with van der Waals surface area (Å²) in [5, 5.41) is 0. The molecular formula is C11H13N3O. The van der Waals surface area contributed by atoms with Crippen LogP contribution in [0, 0.1) is 0 Å². The Bertz CT molecular complexity index is 425. The van der Waals surface area contributed by atoms with Crippen molar-refractivity contribution in [1.29, 1.82) is 0 Å². The molecule has 0 spiro atoms. The lowest BCUT2D eigenvalue weighted by Gasteiger charge is -2.08. The molecule has 0 radical (unpaired) electrons. The van der Waals surface area contributed by atoms with Crippen molar-refractivity contribution in [2.75, 3.05) is 5.73 Å². The molecule has 4 nitrogen and oxygen atoms in total. The van der Waals surface area contributed by atoms with Crippen LogP contribution in [0.5, 0.6) is 0 Å². The van der Waals surface area contributed by atoms with Crippen LogP contribution in [-0.2, 0) is 6.42 Å². The van der Waals surface area contributed by atoms with E-state index in [4.69, 9.17) is 15.9 Å². The van der Waals surface area contributed by atoms with Gasteiger partial charge in [0.1, 0.15) is 11.6 Å². The van der Waals surface area contributed by atoms with Gasteiger partial charge >= 0.3 is 0 Å². The first-order valence-corrected chi connectivity index (χ1v) is 4.75. The molecule has 2 heterocycles. The summed E-state index contributed by atoms with van der Waals surface area (Å²) in [7, 11) is 0. The van der Waals surface area contributed by atoms with E-state index in [0.717, 1.165) is 11.3 Å². The number of pyridine rings is 1. The van der Waals surface area contributed by atoms with Crippen molar-refractivity contribution in [3.63, 3.8) is 0 Å². The van der Waals surface area contributed by atoms with Gasteiger partial charge in [-0.3, -0.25) is 0 Å². The van der Waals surface area contributed by atoms with Crippen molar-refractivity contribution in [2.24, 2.45) is 5.73 Å². The average Bonchev–Trinajstić information content (AvgIpc) is 2.70. The summed E-state index contributed by atoms with van der Waals surface area (Å²) in [5.74, 6) is 1.30. The van der Waals surface area contributed by atoms with Crippen LogP contribution in [0.3, 0.4) is 0 Å². The number of anilines is 1. The highest BCUT2D eigenvalue weighted by Crippen LogP contribution is 2.16. The highest BCUT2D eigenvalue weighted by atomic mass is 16.3. The minimum Gasteiger partial charge on any atom is -0.468 e. The Morgan fingerprint density at radius 3 is 2.93 bits per heavy atom. The van der Waals surface area contributed by atoms with E-state index in [0.29, 0.717) is 12.2 Å². The van der Waals surface area contributed by atoms with Gasteiger partial charge in [0, 0.05) is 6.20 Å². The van der Waals surface area contributed by atoms with Crippen LogP contribution in [-0.4, -0.2) is 4.98 Å². The number of furan rings is 1. The summed E-state index contributed by atoms with van der Waals surface area (Å²) >= 11 is 0. The number of hydrogen-bond donors (Lipinski definition) is 2. The Labute approximate surface area is 87.9 Å². The van der Waals surface area contributed by atoms with E-state index >= 15 is 0 Å². The summed E-state index contributed by atoms with van der Waals surface area (Å²) in [6, 6.07) is 7.29. The zero-order valence-corrected chi connectivity index (χ0v) is 8.26. The van der Waals surface area contributed by atoms with Crippen LogP contribution in [0.2, 0.25) is 0 Å². The molecule has 1 unspecified atom stereocenters. The second-order valence-electron chi connectivity index (χ2n) is 3.41. The molecule has 4 heteroatoms. The number of nitrogen functional groups attached to an aromatic ring is 1. The molecule has 2 aromatic rings. The van der Waals surface area contributed by atoms with E-state index in [1.54, 1.807) is 12.5 Å². The van der Waals surface area contributed by atoms with Crippen LogP contribution in [0.4, 0.5) is 5.82 Å². The quantitative estimate of drug-likeness (QED) is 0.792. The third-order valence-electron chi connectivity index (χ3n) is 2.21.